The largest absolute Gasteiger partial charge is 0.309 e. The first-order valence-corrected chi connectivity index (χ1v) is 7.16. The van der Waals surface area contributed by atoms with Crippen molar-refractivity contribution in [3.05, 3.63) is 65.0 Å². The normalized spacial score (nSPS) is 11.6. The zero-order valence-electron chi connectivity index (χ0n) is 12.9. The van der Waals surface area contributed by atoms with E-state index in [4.69, 9.17) is 0 Å². The minimum Gasteiger partial charge on any atom is -0.309 e. The Morgan fingerprint density at radius 1 is 1.00 bits per heavy atom. The van der Waals surface area contributed by atoms with Gasteiger partial charge in [0.2, 0.25) is 0 Å². The second kappa shape index (κ2) is 6.19. The van der Waals surface area contributed by atoms with Crippen LogP contribution in [0.25, 0.3) is 0 Å². The van der Waals surface area contributed by atoms with Crippen molar-refractivity contribution < 1.29 is 0 Å². The Labute approximate surface area is 122 Å². The van der Waals surface area contributed by atoms with Crippen molar-refractivity contribution in [3.8, 4) is 0 Å². The molecule has 0 spiro atoms. The molecule has 1 aromatic heterocycles. The number of rotatable bonds is 4. The summed E-state index contributed by atoms with van der Waals surface area (Å²) in [6, 6.07) is 10.9. The molecule has 0 saturated heterocycles. The van der Waals surface area contributed by atoms with Gasteiger partial charge in [-0.3, -0.25) is 4.98 Å². The molecule has 1 N–H and O–H groups in total. The van der Waals surface area contributed by atoms with E-state index in [0.29, 0.717) is 0 Å². The van der Waals surface area contributed by atoms with Crippen LogP contribution in [0.3, 0.4) is 0 Å². The summed E-state index contributed by atoms with van der Waals surface area (Å²) >= 11 is 0. The Bertz CT molecular complexity index is 550. The van der Waals surface area contributed by atoms with Crippen molar-refractivity contribution >= 4 is 0 Å². The first kappa shape index (κ1) is 14.7. The Kier molecular flexibility index (Phi) is 4.56. The Morgan fingerprint density at radius 3 is 2.30 bits per heavy atom. The second-order valence-corrected chi connectivity index (χ2v) is 6.35. The van der Waals surface area contributed by atoms with Crippen LogP contribution in [0.1, 0.15) is 43.0 Å². The van der Waals surface area contributed by atoms with Gasteiger partial charge >= 0.3 is 0 Å². The van der Waals surface area contributed by atoms with Gasteiger partial charge in [-0.2, -0.15) is 0 Å². The average Bonchev–Trinajstić information content (AvgIpc) is 2.40. The maximum absolute atomic E-state index is 4.17. The molecule has 2 rings (SSSR count). The van der Waals surface area contributed by atoms with Gasteiger partial charge in [-0.05, 0) is 40.7 Å². The van der Waals surface area contributed by atoms with Gasteiger partial charge in [-0.1, -0.05) is 45.0 Å². The van der Waals surface area contributed by atoms with Gasteiger partial charge in [-0.15, -0.1) is 0 Å². The van der Waals surface area contributed by atoms with Crippen LogP contribution in [0, 0.1) is 6.92 Å². The lowest BCUT2D eigenvalue weighted by Crippen LogP contribution is -2.14. The number of aromatic nitrogens is 1. The van der Waals surface area contributed by atoms with Crippen LogP contribution >= 0.6 is 0 Å². The van der Waals surface area contributed by atoms with Crippen LogP contribution in [0.2, 0.25) is 0 Å². The maximum Gasteiger partial charge on any atom is 0.0315 e. The fourth-order valence-corrected chi connectivity index (χ4v) is 2.15. The highest BCUT2D eigenvalue weighted by Crippen LogP contribution is 2.22. The molecule has 0 aliphatic carbocycles. The summed E-state index contributed by atoms with van der Waals surface area (Å²) in [5, 5.41) is 3.48. The molecule has 0 aliphatic rings. The number of hydrogen-bond acceptors (Lipinski definition) is 2. The summed E-state index contributed by atoms with van der Waals surface area (Å²) in [7, 11) is 0. The van der Waals surface area contributed by atoms with Gasteiger partial charge in [0.15, 0.2) is 0 Å². The van der Waals surface area contributed by atoms with Crippen molar-refractivity contribution in [1.29, 1.82) is 0 Å². The highest BCUT2D eigenvalue weighted by atomic mass is 14.9. The molecule has 0 fully saturated rings. The highest BCUT2D eigenvalue weighted by Gasteiger charge is 2.12. The molecule has 20 heavy (non-hydrogen) atoms. The van der Waals surface area contributed by atoms with Crippen LogP contribution < -0.4 is 5.32 Å². The standard InChI is InChI=1S/C18H24N2/c1-14-9-10-19-12-16(14)13-20-11-15-5-7-17(8-6-15)18(2,3)4/h5-10,12,20H,11,13H2,1-4H3. The van der Waals surface area contributed by atoms with Crippen LogP contribution in [0.4, 0.5) is 0 Å². The van der Waals surface area contributed by atoms with Gasteiger partial charge in [0.25, 0.3) is 0 Å². The molecule has 0 unspecified atom stereocenters. The van der Waals surface area contributed by atoms with Gasteiger partial charge in [0, 0.05) is 25.5 Å². The monoisotopic (exact) mass is 268 g/mol. The van der Waals surface area contributed by atoms with E-state index in [1.54, 1.807) is 0 Å². The summed E-state index contributed by atoms with van der Waals surface area (Å²) in [6.45, 7) is 10.6. The van der Waals surface area contributed by atoms with Crippen LogP contribution in [-0.2, 0) is 18.5 Å². The van der Waals surface area contributed by atoms with E-state index in [1.807, 2.05) is 12.4 Å². The van der Waals surface area contributed by atoms with E-state index >= 15 is 0 Å². The summed E-state index contributed by atoms with van der Waals surface area (Å²) in [5.74, 6) is 0. The minimum atomic E-state index is 0.221. The minimum absolute atomic E-state index is 0.221. The number of nitrogens with zero attached hydrogens (tertiary/aromatic N) is 1. The number of nitrogens with one attached hydrogen (secondary N) is 1. The Hall–Kier alpha value is -1.67. The molecule has 1 aromatic carbocycles. The van der Waals surface area contributed by atoms with E-state index in [-0.39, 0.29) is 5.41 Å². The summed E-state index contributed by atoms with van der Waals surface area (Å²) < 4.78 is 0. The van der Waals surface area contributed by atoms with E-state index in [2.05, 4.69) is 68.3 Å². The molecule has 0 bridgehead atoms. The quantitative estimate of drug-likeness (QED) is 0.907. The summed E-state index contributed by atoms with van der Waals surface area (Å²) in [6.07, 6.45) is 3.77. The molecule has 0 aliphatic heterocycles. The fourth-order valence-electron chi connectivity index (χ4n) is 2.15. The van der Waals surface area contributed by atoms with E-state index in [1.165, 1.54) is 22.3 Å². The van der Waals surface area contributed by atoms with Gasteiger partial charge in [0.05, 0.1) is 0 Å². The SMILES string of the molecule is Cc1ccncc1CNCc1ccc(C(C)(C)C)cc1. The Morgan fingerprint density at radius 2 is 1.70 bits per heavy atom. The number of aryl methyl sites for hydroxylation is 1. The predicted molar refractivity (Wildman–Crippen MR) is 84.7 cm³/mol. The van der Waals surface area contributed by atoms with Crippen LogP contribution in [0.15, 0.2) is 42.7 Å². The molecule has 106 valence electrons. The zero-order chi connectivity index (χ0) is 14.6. The number of benzene rings is 1. The lowest BCUT2D eigenvalue weighted by molar-refractivity contribution is 0.589. The molecule has 0 atom stereocenters. The molecule has 0 amide bonds. The average molecular weight is 268 g/mol. The van der Waals surface area contributed by atoms with E-state index < -0.39 is 0 Å². The first-order chi connectivity index (χ1) is 9.47. The van der Waals surface area contributed by atoms with Crippen molar-refractivity contribution in [3.63, 3.8) is 0 Å². The lowest BCUT2D eigenvalue weighted by Gasteiger charge is -2.19. The van der Waals surface area contributed by atoms with Crippen molar-refractivity contribution in [2.24, 2.45) is 0 Å². The topological polar surface area (TPSA) is 24.9 Å². The van der Waals surface area contributed by atoms with E-state index in [0.717, 1.165) is 13.1 Å². The Balaban J connectivity index is 1.90. The number of hydrogen-bond donors (Lipinski definition) is 1. The zero-order valence-corrected chi connectivity index (χ0v) is 12.9. The van der Waals surface area contributed by atoms with Gasteiger partial charge in [0.1, 0.15) is 0 Å². The third-order valence-electron chi connectivity index (χ3n) is 3.61. The van der Waals surface area contributed by atoms with E-state index in [9.17, 15) is 0 Å². The smallest absolute Gasteiger partial charge is 0.0315 e. The molecule has 2 heteroatoms. The molecule has 0 radical (unpaired) electrons. The number of pyridine rings is 1. The summed E-state index contributed by atoms with van der Waals surface area (Å²) in [5.41, 5.74) is 5.47. The maximum atomic E-state index is 4.17. The van der Waals surface area contributed by atoms with Gasteiger partial charge < -0.3 is 5.32 Å². The van der Waals surface area contributed by atoms with Crippen LogP contribution in [0.5, 0.6) is 0 Å². The van der Waals surface area contributed by atoms with Gasteiger partial charge in [-0.25, -0.2) is 0 Å². The summed E-state index contributed by atoms with van der Waals surface area (Å²) in [4.78, 5) is 4.17. The first-order valence-electron chi connectivity index (χ1n) is 7.16. The molecule has 2 nitrogen and oxygen atoms in total. The third kappa shape index (κ3) is 3.91. The molecule has 0 saturated carbocycles. The molecular weight excluding hydrogens is 244 g/mol. The van der Waals surface area contributed by atoms with Crippen LogP contribution in [-0.4, -0.2) is 4.98 Å². The molecule has 1 heterocycles. The fraction of sp³-hybridized carbons (Fsp3) is 0.389. The lowest BCUT2D eigenvalue weighted by atomic mass is 9.87. The molecular formula is C18H24N2. The van der Waals surface area contributed by atoms with Crippen molar-refractivity contribution in [2.75, 3.05) is 0 Å². The van der Waals surface area contributed by atoms with Crippen molar-refractivity contribution in [2.45, 2.75) is 46.2 Å². The molecule has 2 aromatic rings. The third-order valence-corrected chi connectivity index (χ3v) is 3.61. The van der Waals surface area contributed by atoms with Crippen molar-refractivity contribution in [1.82, 2.24) is 10.3 Å². The second-order valence-electron chi connectivity index (χ2n) is 6.35. The highest BCUT2D eigenvalue weighted by molar-refractivity contribution is 5.27. The predicted octanol–water partition coefficient (Wildman–Crippen LogP) is 3.98.